The van der Waals surface area contributed by atoms with E-state index in [1.807, 2.05) is 0 Å². The van der Waals surface area contributed by atoms with Crippen LogP contribution in [0.15, 0.2) is 60.7 Å². The molecule has 0 aliphatic rings. The van der Waals surface area contributed by atoms with E-state index in [0.29, 0.717) is 6.04 Å². The second kappa shape index (κ2) is 7.98. The van der Waals surface area contributed by atoms with Gasteiger partial charge in [0.1, 0.15) is 12.1 Å². The Balaban J connectivity index is 2.55. The Bertz CT molecular complexity index is 602. The fourth-order valence-corrected chi connectivity index (χ4v) is 4.24. The third kappa shape index (κ3) is 3.57. The maximum Gasteiger partial charge on any atom is 0.120 e. The molecule has 24 heavy (non-hydrogen) atoms. The Labute approximate surface area is 148 Å². The molecule has 0 aliphatic carbocycles. The summed E-state index contributed by atoms with van der Waals surface area (Å²) >= 11 is 0. The zero-order valence-corrected chi connectivity index (χ0v) is 16.1. The van der Waals surface area contributed by atoms with E-state index in [0.717, 1.165) is 11.0 Å². The first-order chi connectivity index (χ1) is 11.5. The van der Waals surface area contributed by atoms with Crippen molar-refractivity contribution in [1.82, 2.24) is 0 Å². The topological polar surface area (TPSA) is 0 Å². The predicted octanol–water partition coefficient (Wildman–Crippen LogP) is 6.15. The van der Waals surface area contributed by atoms with Crippen molar-refractivity contribution < 1.29 is 4.48 Å². The molecule has 1 heteroatoms. The van der Waals surface area contributed by atoms with Crippen molar-refractivity contribution in [3.63, 3.8) is 0 Å². The third-order valence-corrected chi connectivity index (χ3v) is 5.96. The lowest BCUT2D eigenvalue weighted by atomic mass is 9.85. The predicted molar refractivity (Wildman–Crippen MR) is 105 cm³/mol. The van der Waals surface area contributed by atoms with Crippen LogP contribution < -0.4 is 0 Å². The Hall–Kier alpha value is -1.60. The van der Waals surface area contributed by atoms with Gasteiger partial charge in [0, 0.05) is 11.1 Å². The van der Waals surface area contributed by atoms with Crippen LogP contribution in [0.2, 0.25) is 0 Å². The molecule has 0 spiro atoms. The van der Waals surface area contributed by atoms with Crippen LogP contribution in [-0.2, 0) is 12.1 Å². The van der Waals surface area contributed by atoms with E-state index < -0.39 is 0 Å². The van der Waals surface area contributed by atoms with Gasteiger partial charge in [0.25, 0.3) is 0 Å². The first kappa shape index (κ1) is 18.7. The number of nitrogens with zero attached hydrogens (tertiary/aromatic N) is 1. The summed E-state index contributed by atoms with van der Waals surface area (Å²) in [7, 11) is 0. The Morgan fingerprint density at radius 2 is 1.42 bits per heavy atom. The van der Waals surface area contributed by atoms with Gasteiger partial charge < -0.3 is 4.48 Å². The monoisotopic (exact) mass is 324 g/mol. The molecular weight excluding hydrogens is 290 g/mol. The molecule has 0 radical (unpaired) electrons. The summed E-state index contributed by atoms with van der Waals surface area (Å²) in [5.41, 5.74) is 2.95. The van der Waals surface area contributed by atoms with Gasteiger partial charge in [0.2, 0.25) is 0 Å². The highest BCUT2D eigenvalue weighted by Gasteiger charge is 2.47. The maximum atomic E-state index is 2.44. The molecule has 0 bridgehead atoms. The van der Waals surface area contributed by atoms with Crippen LogP contribution in [-0.4, -0.2) is 17.1 Å². The summed E-state index contributed by atoms with van der Waals surface area (Å²) in [5, 5.41) is 0. The van der Waals surface area contributed by atoms with Crippen molar-refractivity contribution in [2.24, 2.45) is 0 Å². The van der Waals surface area contributed by atoms with E-state index in [1.54, 1.807) is 0 Å². The molecule has 0 saturated heterocycles. The van der Waals surface area contributed by atoms with Crippen LogP contribution in [0, 0.1) is 0 Å². The lowest BCUT2D eigenvalue weighted by Gasteiger charge is -2.54. The molecule has 0 heterocycles. The Morgan fingerprint density at radius 1 is 0.875 bits per heavy atom. The molecule has 1 nitrogen and oxygen atoms in total. The van der Waals surface area contributed by atoms with E-state index in [9.17, 15) is 0 Å². The summed E-state index contributed by atoms with van der Waals surface area (Å²) in [6.45, 7) is 14.3. The summed E-state index contributed by atoms with van der Waals surface area (Å²) in [4.78, 5) is 0. The Morgan fingerprint density at radius 3 is 1.92 bits per heavy atom. The van der Waals surface area contributed by atoms with Crippen LogP contribution in [0.5, 0.6) is 0 Å². The van der Waals surface area contributed by atoms with Gasteiger partial charge in [-0.3, -0.25) is 0 Å². The van der Waals surface area contributed by atoms with E-state index in [-0.39, 0.29) is 5.54 Å². The van der Waals surface area contributed by atoms with Gasteiger partial charge in [-0.25, -0.2) is 0 Å². The normalized spacial score (nSPS) is 15.7. The van der Waals surface area contributed by atoms with Crippen molar-refractivity contribution in [3.8, 4) is 0 Å². The van der Waals surface area contributed by atoms with Crippen LogP contribution in [0.25, 0.3) is 0 Å². The second-order valence-electron chi connectivity index (χ2n) is 7.58. The van der Waals surface area contributed by atoms with Crippen molar-refractivity contribution in [2.45, 2.75) is 65.6 Å². The van der Waals surface area contributed by atoms with Gasteiger partial charge in [-0.1, -0.05) is 74.5 Å². The molecule has 0 saturated carbocycles. The molecule has 2 rings (SSSR count). The highest BCUT2D eigenvalue weighted by molar-refractivity contribution is 5.22. The summed E-state index contributed by atoms with van der Waals surface area (Å²) in [6.07, 6.45) is 2.40. The van der Waals surface area contributed by atoms with Gasteiger partial charge >= 0.3 is 0 Å². The average molecular weight is 325 g/mol. The van der Waals surface area contributed by atoms with Crippen molar-refractivity contribution in [3.05, 3.63) is 71.8 Å². The first-order valence-electron chi connectivity index (χ1n) is 9.44. The van der Waals surface area contributed by atoms with Gasteiger partial charge in [-0.15, -0.1) is 0 Å². The summed E-state index contributed by atoms with van der Waals surface area (Å²) < 4.78 is 1.11. The van der Waals surface area contributed by atoms with E-state index in [4.69, 9.17) is 0 Å². The summed E-state index contributed by atoms with van der Waals surface area (Å²) in [5.74, 6) is 0. The van der Waals surface area contributed by atoms with Gasteiger partial charge in [0.15, 0.2) is 0 Å². The molecule has 0 aliphatic heterocycles. The van der Waals surface area contributed by atoms with Crippen LogP contribution in [0.1, 0.15) is 58.6 Å². The molecular formula is C23H34N+. The molecule has 2 unspecified atom stereocenters. The number of hydrogen-bond donors (Lipinski definition) is 0. The lowest BCUT2D eigenvalue weighted by molar-refractivity contribution is -1.01. The summed E-state index contributed by atoms with van der Waals surface area (Å²) in [6, 6.07) is 22.7. The van der Waals surface area contributed by atoms with Gasteiger partial charge in [-0.2, -0.15) is 0 Å². The number of rotatable bonds is 8. The second-order valence-corrected chi connectivity index (χ2v) is 7.58. The molecule has 2 atom stereocenters. The molecule has 2 aromatic carbocycles. The van der Waals surface area contributed by atoms with Crippen LogP contribution >= 0.6 is 0 Å². The largest absolute Gasteiger partial charge is 0.310 e. The standard InChI is InChI=1S/C23H34N/c1-6-18-24(20(3)7-2,19-21-14-10-8-11-15-21)23(4,5)22-16-12-9-13-17-22/h8-17,20H,6-7,18-19H2,1-5H3/q+1. The minimum absolute atomic E-state index is 0.0720. The lowest BCUT2D eigenvalue weighted by Crippen LogP contribution is -2.63. The fourth-order valence-electron chi connectivity index (χ4n) is 4.24. The molecule has 0 aromatic heterocycles. The maximum absolute atomic E-state index is 2.44. The fraction of sp³-hybridized carbons (Fsp3) is 0.478. The molecule has 0 N–H and O–H groups in total. The van der Waals surface area contributed by atoms with E-state index in [1.165, 1.54) is 30.5 Å². The van der Waals surface area contributed by atoms with Crippen LogP contribution in [0.4, 0.5) is 0 Å². The minimum Gasteiger partial charge on any atom is -0.310 e. The van der Waals surface area contributed by atoms with E-state index in [2.05, 4.69) is 95.3 Å². The molecule has 0 amide bonds. The highest BCUT2D eigenvalue weighted by atomic mass is 15.4. The zero-order valence-electron chi connectivity index (χ0n) is 16.1. The minimum atomic E-state index is 0.0720. The molecule has 130 valence electrons. The number of benzene rings is 2. The highest BCUT2D eigenvalue weighted by Crippen LogP contribution is 2.40. The number of quaternary nitrogens is 1. The van der Waals surface area contributed by atoms with E-state index >= 15 is 0 Å². The van der Waals surface area contributed by atoms with Crippen molar-refractivity contribution >= 4 is 0 Å². The Kier molecular flexibility index (Phi) is 6.23. The quantitative estimate of drug-likeness (QED) is 0.511. The van der Waals surface area contributed by atoms with Crippen LogP contribution in [0.3, 0.4) is 0 Å². The van der Waals surface area contributed by atoms with Crippen molar-refractivity contribution in [1.29, 1.82) is 0 Å². The number of hydrogen-bond acceptors (Lipinski definition) is 0. The molecule has 2 aromatic rings. The molecule has 0 fully saturated rings. The van der Waals surface area contributed by atoms with Gasteiger partial charge in [-0.05, 0) is 33.6 Å². The van der Waals surface area contributed by atoms with Crippen molar-refractivity contribution in [2.75, 3.05) is 6.54 Å². The third-order valence-electron chi connectivity index (χ3n) is 5.96. The van der Waals surface area contributed by atoms with Gasteiger partial charge in [0.05, 0.1) is 12.6 Å². The SMILES string of the molecule is CCC[N+](Cc1ccccc1)(C(C)CC)C(C)(C)c1ccccc1. The first-order valence-corrected chi connectivity index (χ1v) is 9.44. The zero-order chi connectivity index (χ0) is 17.6. The smallest absolute Gasteiger partial charge is 0.120 e. The average Bonchev–Trinajstić information content (AvgIpc) is 2.62.